The van der Waals surface area contributed by atoms with Crippen LogP contribution in [-0.4, -0.2) is 32.7 Å². The predicted octanol–water partition coefficient (Wildman–Crippen LogP) is 2.34. The van der Waals surface area contributed by atoms with Crippen molar-refractivity contribution in [3.05, 3.63) is 29.8 Å². The highest BCUT2D eigenvalue weighted by molar-refractivity contribution is 7.85. The van der Waals surface area contributed by atoms with E-state index >= 15 is 0 Å². The van der Waals surface area contributed by atoms with Crippen molar-refractivity contribution < 1.29 is 18.8 Å². The molecule has 5 heteroatoms. The first-order valence-corrected chi connectivity index (χ1v) is 9.10. The second-order valence-electron chi connectivity index (χ2n) is 6.34. The number of rotatable bonds is 3. The van der Waals surface area contributed by atoms with Gasteiger partial charge >= 0.3 is 5.97 Å². The van der Waals surface area contributed by atoms with Gasteiger partial charge in [0.2, 0.25) is 0 Å². The van der Waals surface area contributed by atoms with Gasteiger partial charge in [0.05, 0.1) is 34.2 Å². The second-order valence-corrected chi connectivity index (χ2v) is 7.98. The lowest BCUT2D eigenvalue weighted by Crippen LogP contribution is -2.54. The molecule has 1 aliphatic heterocycles. The molecule has 1 N–H and O–H groups in total. The molecule has 0 bridgehead atoms. The van der Waals surface area contributed by atoms with Crippen LogP contribution in [0.4, 0.5) is 0 Å². The van der Waals surface area contributed by atoms with Crippen molar-refractivity contribution in [2.45, 2.75) is 54.8 Å². The molecule has 1 aromatic carbocycles. The van der Waals surface area contributed by atoms with Crippen molar-refractivity contribution in [1.82, 2.24) is 0 Å². The Balaban J connectivity index is 1.90. The molecule has 1 heterocycles. The molecule has 0 spiro atoms. The van der Waals surface area contributed by atoms with Gasteiger partial charge in [-0.25, -0.2) is 0 Å². The van der Waals surface area contributed by atoms with Gasteiger partial charge in [-0.3, -0.25) is 9.00 Å². The van der Waals surface area contributed by atoms with Gasteiger partial charge in [0.1, 0.15) is 0 Å². The van der Waals surface area contributed by atoms with Crippen LogP contribution >= 0.6 is 0 Å². The quantitative estimate of drug-likeness (QED) is 0.868. The van der Waals surface area contributed by atoms with Gasteiger partial charge in [0.25, 0.3) is 0 Å². The zero-order chi connectivity index (χ0) is 15.7. The molecule has 1 saturated heterocycles. The Hall–Kier alpha value is -1.20. The number of aryl methyl sites for hydroxylation is 1. The third-order valence-corrected chi connectivity index (χ3v) is 6.80. The topological polar surface area (TPSA) is 63.6 Å². The van der Waals surface area contributed by atoms with Crippen LogP contribution in [0.5, 0.6) is 0 Å². The molecule has 1 saturated carbocycles. The molecule has 1 aliphatic carbocycles. The predicted molar refractivity (Wildman–Crippen MR) is 83.9 cm³/mol. The first kappa shape index (κ1) is 15.7. The summed E-state index contributed by atoms with van der Waals surface area (Å²) in [6, 6.07) is 7.57. The van der Waals surface area contributed by atoms with E-state index in [1.165, 1.54) is 0 Å². The summed E-state index contributed by atoms with van der Waals surface area (Å²) in [6.07, 6.45) is 3.53. The van der Waals surface area contributed by atoms with Crippen molar-refractivity contribution in [2.75, 3.05) is 6.61 Å². The summed E-state index contributed by atoms with van der Waals surface area (Å²) in [6.45, 7) is 2.34. The summed E-state index contributed by atoms with van der Waals surface area (Å²) in [7, 11) is -1.32. The van der Waals surface area contributed by atoms with Crippen molar-refractivity contribution in [1.29, 1.82) is 0 Å². The number of ether oxygens (including phenoxy) is 1. The Kier molecular flexibility index (Phi) is 4.37. The minimum Gasteiger partial charge on any atom is -0.465 e. The van der Waals surface area contributed by atoms with E-state index in [4.69, 9.17) is 4.74 Å². The highest BCUT2D eigenvalue weighted by atomic mass is 32.2. The van der Waals surface area contributed by atoms with Crippen LogP contribution in [0.15, 0.2) is 29.2 Å². The van der Waals surface area contributed by atoms with Crippen LogP contribution in [0.2, 0.25) is 0 Å². The van der Waals surface area contributed by atoms with E-state index in [9.17, 15) is 14.1 Å². The molecule has 22 heavy (non-hydrogen) atoms. The lowest BCUT2D eigenvalue weighted by Gasteiger charge is -2.41. The van der Waals surface area contributed by atoms with Gasteiger partial charge in [-0.1, -0.05) is 30.5 Å². The number of benzene rings is 1. The number of hydrogen-bond acceptors (Lipinski definition) is 4. The van der Waals surface area contributed by atoms with E-state index in [1.54, 1.807) is 0 Å². The molecule has 4 nitrogen and oxygen atoms in total. The molecule has 2 fully saturated rings. The van der Waals surface area contributed by atoms with Gasteiger partial charge in [-0.15, -0.1) is 0 Å². The van der Waals surface area contributed by atoms with E-state index < -0.39 is 27.6 Å². The molecule has 120 valence electrons. The number of aliphatic hydroxyl groups is 1. The summed E-state index contributed by atoms with van der Waals surface area (Å²) in [5.74, 6) is -0.873. The summed E-state index contributed by atoms with van der Waals surface area (Å²) in [4.78, 5) is 12.7. The third kappa shape index (κ3) is 2.72. The first-order chi connectivity index (χ1) is 10.5. The van der Waals surface area contributed by atoms with Crippen LogP contribution < -0.4 is 0 Å². The molecule has 0 aromatic heterocycles. The van der Waals surface area contributed by atoms with Crippen molar-refractivity contribution >= 4 is 16.8 Å². The molecule has 1 aromatic rings. The maximum atomic E-state index is 13.0. The van der Waals surface area contributed by atoms with Crippen LogP contribution in [0.1, 0.15) is 37.7 Å². The largest absolute Gasteiger partial charge is 0.465 e. The Labute approximate surface area is 133 Å². The fraction of sp³-hybridized carbons (Fsp3) is 0.588. The molecule has 0 amide bonds. The normalized spacial score (nSPS) is 33.5. The van der Waals surface area contributed by atoms with E-state index in [0.29, 0.717) is 25.9 Å². The molecule has 3 rings (SSSR count). The second kappa shape index (κ2) is 6.13. The van der Waals surface area contributed by atoms with E-state index in [2.05, 4.69) is 0 Å². The number of carbonyl (C=O) groups is 1. The van der Waals surface area contributed by atoms with Crippen LogP contribution in [-0.2, 0) is 20.3 Å². The lowest BCUT2D eigenvalue weighted by molar-refractivity contribution is -0.150. The average Bonchev–Trinajstić information content (AvgIpc) is 2.95. The zero-order valence-electron chi connectivity index (χ0n) is 12.8. The van der Waals surface area contributed by atoms with E-state index in [-0.39, 0.29) is 5.97 Å². The summed E-state index contributed by atoms with van der Waals surface area (Å²) in [5, 5.41) is 10.8. The summed E-state index contributed by atoms with van der Waals surface area (Å²) in [5.41, 5.74) is -0.0966. The van der Waals surface area contributed by atoms with Crippen molar-refractivity contribution in [3.8, 4) is 0 Å². The first-order valence-electron chi connectivity index (χ1n) is 7.88. The van der Waals surface area contributed by atoms with Gasteiger partial charge < -0.3 is 9.84 Å². The number of esters is 1. The zero-order valence-corrected chi connectivity index (χ0v) is 13.6. The van der Waals surface area contributed by atoms with Gasteiger partial charge in [-0.2, -0.15) is 0 Å². The van der Waals surface area contributed by atoms with Gasteiger partial charge in [0, 0.05) is 4.90 Å². The average molecular weight is 322 g/mol. The van der Waals surface area contributed by atoms with Crippen LogP contribution in [0.3, 0.4) is 0 Å². The minimum absolute atomic E-state index is 0.338. The maximum Gasteiger partial charge on any atom is 0.312 e. The Morgan fingerprint density at radius 3 is 2.59 bits per heavy atom. The third-order valence-electron chi connectivity index (χ3n) is 4.90. The van der Waals surface area contributed by atoms with E-state index in [1.807, 2.05) is 31.2 Å². The fourth-order valence-corrected chi connectivity index (χ4v) is 5.39. The minimum atomic E-state index is -1.32. The van der Waals surface area contributed by atoms with E-state index in [0.717, 1.165) is 23.3 Å². The van der Waals surface area contributed by atoms with Crippen LogP contribution in [0, 0.1) is 12.8 Å². The summed E-state index contributed by atoms with van der Waals surface area (Å²) >= 11 is 0. The standard InChI is InChI=1S/C17H22O4S/c1-12-5-7-13(8-6-12)22(20)15-4-2-3-10-17(15,19)14-9-11-21-16(14)18/h5-8,14-15,19H,2-4,9-11H2,1H3/t14-,15-,17-,22-/m0/s1. The Morgan fingerprint density at radius 2 is 1.95 bits per heavy atom. The van der Waals surface area contributed by atoms with Crippen molar-refractivity contribution in [2.24, 2.45) is 5.92 Å². The highest BCUT2D eigenvalue weighted by Gasteiger charge is 2.53. The molecular formula is C17H22O4S. The number of carbonyl (C=O) groups excluding carboxylic acids is 1. The lowest BCUT2D eigenvalue weighted by atomic mass is 9.74. The van der Waals surface area contributed by atoms with Gasteiger partial charge in [-0.05, 0) is 38.3 Å². The number of hydrogen-bond donors (Lipinski definition) is 1. The van der Waals surface area contributed by atoms with Crippen molar-refractivity contribution in [3.63, 3.8) is 0 Å². The molecule has 2 aliphatic rings. The molecular weight excluding hydrogens is 300 g/mol. The van der Waals surface area contributed by atoms with Crippen LogP contribution in [0.25, 0.3) is 0 Å². The molecule has 4 atom stereocenters. The number of cyclic esters (lactones) is 1. The monoisotopic (exact) mass is 322 g/mol. The smallest absolute Gasteiger partial charge is 0.312 e. The molecule has 0 radical (unpaired) electrons. The maximum absolute atomic E-state index is 13.0. The fourth-order valence-electron chi connectivity index (χ4n) is 3.63. The highest BCUT2D eigenvalue weighted by Crippen LogP contribution is 2.42. The van der Waals surface area contributed by atoms with Gasteiger partial charge in [0.15, 0.2) is 0 Å². The Bertz CT molecular complexity index is 583. The molecule has 0 unspecified atom stereocenters. The Morgan fingerprint density at radius 1 is 1.23 bits per heavy atom. The summed E-state index contributed by atoms with van der Waals surface area (Å²) < 4.78 is 18.0. The SMILES string of the molecule is Cc1ccc([S@](=O)[C@H]2CCCC[C@]2(O)[C@H]2CCOC2=O)cc1.